The lowest BCUT2D eigenvalue weighted by Gasteiger charge is -2.08. The summed E-state index contributed by atoms with van der Waals surface area (Å²) in [6, 6.07) is 11.5. The SMILES string of the molecule is Oc1c(F)cc(Cn2c(-c3ccccc3)n[nH]c2=S)cc1F. The molecule has 22 heavy (non-hydrogen) atoms. The Balaban J connectivity index is 2.04. The number of phenols is 1. The summed E-state index contributed by atoms with van der Waals surface area (Å²) in [5, 5.41) is 16.0. The number of hydrogen-bond acceptors (Lipinski definition) is 3. The number of aromatic amines is 1. The fraction of sp³-hybridized carbons (Fsp3) is 0.0667. The molecule has 0 fully saturated rings. The molecule has 1 heterocycles. The van der Waals surface area contributed by atoms with Crippen molar-refractivity contribution in [2.45, 2.75) is 6.54 Å². The second-order valence-corrected chi connectivity index (χ2v) is 5.10. The summed E-state index contributed by atoms with van der Waals surface area (Å²) in [5.74, 6) is -2.43. The Morgan fingerprint density at radius 2 is 1.77 bits per heavy atom. The number of nitrogens with one attached hydrogen (secondary N) is 1. The molecular weight excluding hydrogens is 308 g/mol. The van der Waals surface area contributed by atoms with Crippen LogP contribution in [0, 0.1) is 16.4 Å². The van der Waals surface area contributed by atoms with E-state index in [-0.39, 0.29) is 6.54 Å². The minimum atomic E-state index is -1.01. The van der Waals surface area contributed by atoms with Crippen molar-refractivity contribution in [1.29, 1.82) is 0 Å². The van der Waals surface area contributed by atoms with Crippen molar-refractivity contribution in [2.24, 2.45) is 0 Å². The van der Waals surface area contributed by atoms with Crippen LogP contribution in [0.5, 0.6) is 5.75 Å². The van der Waals surface area contributed by atoms with E-state index >= 15 is 0 Å². The van der Waals surface area contributed by atoms with Crippen molar-refractivity contribution < 1.29 is 13.9 Å². The molecule has 3 aromatic rings. The van der Waals surface area contributed by atoms with Crippen LogP contribution in [0.2, 0.25) is 0 Å². The Bertz CT molecular complexity index is 851. The van der Waals surface area contributed by atoms with Gasteiger partial charge >= 0.3 is 0 Å². The molecule has 0 saturated carbocycles. The number of nitrogens with zero attached hydrogens (tertiary/aromatic N) is 2. The molecule has 0 amide bonds. The summed E-state index contributed by atoms with van der Waals surface area (Å²) in [6.45, 7) is 0.133. The minimum absolute atomic E-state index is 0.133. The van der Waals surface area contributed by atoms with E-state index in [9.17, 15) is 8.78 Å². The van der Waals surface area contributed by atoms with Gasteiger partial charge < -0.3 is 5.11 Å². The van der Waals surface area contributed by atoms with E-state index in [0.29, 0.717) is 16.2 Å². The molecule has 1 aromatic heterocycles. The lowest BCUT2D eigenvalue weighted by Crippen LogP contribution is -2.03. The molecule has 0 unspecified atom stereocenters. The molecule has 7 heteroatoms. The zero-order valence-corrected chi connectivity index (χ0v) is 12.1. The summed E-state index contributed by atoms with van der Waals surface area (Å²) < 4.78 is 28.9. The normalized spacial score (nSPS) is 10.8. The maximum atomic E-state index is 13.4. The van der Waals surface area contributed by atoms with Crippen molar-refractivity contribution in [1.82, 2.24) is 14.8 Å². The van der Waals surface area contributed by atoms with Crippen LogP contribution < -0.4 is 0 Å². The van der Waals surface area contributed by atoms with Gasteiger partial charge in [0.2, 0.25) is 0 Å². The van der Waals surface area contributed by atoms with Crippen LogP contribution in [-0.2, 0) is 6.54 Å². The smallest absolute Gasteiger partial charge is 0.195 e. The van der Waals surface area contributed by atoms with Gasteiger partial charge in [0.1, 0.15) is 0 Å². The van der Waals surface area contributed by atoms with Crippen LogP contribution in [-0.4, -0.2) is 19.9 Å². The molecular formula is C15H11F2N3OS. The average Bonchev–Trinajstić information content (AvgIpc) is 2.87. The summed E-state index contributed by atoms with van der Waals surface area (Å²) >= 11 is 5.17. The van der Waals surface area contributed by atoms with Gasteiger partial charge in [0, 0.05) is 5.56 Å². The molecule has 2 aromatic carbocycles. The largest absolute Gasteiger partial charge is 0.503 e. The first-order chi connectivity index (χ1) is 10.6. The standard InChI is InChI=1S/C15H11F2N3OS/c16-11-6-9(7-12(17)13(11)21)8-20-14(18-19-15(20)22)10-4-2-1-3-5-10/h1-7,21H,8H2,(H,19,22). The minimum Gasteiger partial charge on any atom is -0.503 e. The Morgan fingerprint density at radius 3 is 2.41 bits per heavy atom. The number of aromatic hydroxyl groups is 1. The molecule has 0 saturated heterocycles. The number of benzene rings is 2. The van der Waals surface area contributed by atoms with E-state index in [2.05, 4.69) is 10.2 Å². The summed E-state index contributed by atoms with van der Waals surface area (Å²) in [5.41, 5.74) is 1.16. The summed E-state index contributed by atoms with van der Waals surface area (Å²) in [7, 11) is 0. The molecule has 0 bridgehead atoms. The average molecular weight is 319 g/mol. The maximum absolute atomic E-state index is 13.4. The molecule has 0 aliphatic carbocycles. The lowest BCUT2D eigenvalue weighted by atomic mass is 10.1. The van der Waals surface area contributed by atoms with Crippen molar-refractivity contribution in [3.05, 3.63) is 64.4 Å². The van der Waals surface area contributed by atoms with Gasteiger partial charge in [-0.3, -0.25) is 9.67 Å². The van der Waals surface area contributed by atoms with Gasteiger partial charge in [0.15, 0.2) is 28.0 Å². The first kappa shape index (κ1) is 14.4. The van der Waals surface area contributed by atoms with Gasteiger partial charge in [-0.1, -0.05) is 30.3 Å². The van der Waals surface area contributed by atoms with E-state index in [1.807, 2.05) is 30.3 Å². The van der Waals surface area contributed by atoms with E-state index in [1.54, 1.807) is 4.57 Å². The first-order valence-electron chi connectivity index (χ1n) is 6.44. The van der Waals surface area contributed by atoms with Crippen molar-refractivity contribution in [2.75, 3.05) is 0 Å². The van der Waals surface area contributed by atoms with Gasteiger partial charge in [-0.15, -0.1) is 0 Å². The van der Waals surface area contributed by atoms with Crippen LogP contribution >= 0.6 is 12.2 Å². The number of H-pyrrole nitrogens is 1. The molecule has 0 radical (unpaired) electrons. The van der Waals surface area contributed by atoms with E-state index in [4.69, 9.17) is 17.3 Å². The van der Waals surface area contributed by atoms with E-state index in [0.717, 1.165) is 17.7 Å². The summed E-state index contributed by atoms with van der Waals surface area (Å²) in [4.78, 5) is 0. The van der Waals surface area contributed by atoms with Gasteiger partial charge in [-0.25, -0.2) is 8.78 Å². The van der Waals surface area contributed by atoms with E-state index in [1.165, 1.54) is 0 Å². The van der Waals surface area contributed by atoms with Gasteiger partial charge in [0.25, 0.3) is 0 Å². The third-order valence-electron chi connectivity index (χ3n) is 3.21. The number of hydrogen-bond donors (Lipinski definition) is 2. The Morgan fingerprint density at radius 1 is 1.14 bits per heavy atom. The van der Waals surface area contributed by atoms with Crippen molar-refractivity contribution in [3.63, 3.8) is 0 Å². The molecule has 0 spiro atoms. The second-order valence-electron chi connectivity index (χ2n) is 4.71. The first-order valence-corrected chi connectivity index (χ1v) is 6.84. The maximum Gasteiger partial charge on any atom is 0.195 e. The van der Waals surface area contributed by atoms with E-state index < -0.39 is 17.4 Å². The van der Waals surface area contributed by atoms with Crippen LogP contribution in [0.15, 0.2) is 42.5 Å². The highest BCUT2D eigenvalue weighted by atomic mass is 32.1. The van der Waals surface area contributed by atoms with Gasteiger partial charge in [-0.05, 0) is 29.9 Å². The summed E-state index contributed by atoms with van der Waals surface area (Å²) in [6.07, 6.45) is 0. The molecule has 4 nitrogen and oxygen atoms in total. The molecule has 2 N–H and O–H groups in total. The monoisotopic (exact) mass is 319 g/mol. The van der Waals surface area contributed by atoms with Crippen LogP contribution in [0.25, 0.3) is 11.4 Å². The number of rotatable bonds is 3. The predicted octanol–water partition coefficient (Wildman–Crippen LogP) is 3.64. The van der Waals surface area contributed by atoms with Crippen LogP contribution in [0.1, 0.15) is 5.56 Å². The molecule has 0 aliphatic rings. The predicted molar refractivity (Wildman–Crippen MR) is 80.0 cm³/mol. The fourth-order valence-electron chi connectivity index (χ4n) is 2.16. The number of aromatic nitrogens is 3. The third-order valence-corrected chi connectivity index (χ3v) is 3.52. The second kappa shape index (κ2) is 5.69. The number of phenolic OH excluding ortho intramolecular Hbond substituents is 1. The lowest BCUT2D eigenvalue weighted by molar-refractivity contribution is 0.395. The van der Waals surface area contributed by atoms with Crippen LogP contribution in [0.4, 0.5) is 8.78 Å². The van der Waals surface area contributed by atoms with Crippen LogP contribution in [0.3, 0.4) is 0 Å². The zero-order chi connectivity index (χ0) is 15.7. The Labute approximate surface area is 129 Å². The third kappa shape index (κ3) is 2.62. The zero-order valence-electron chi connectivity index (χ0n) is 11.3. The van der Waals surface area contributed by atoms with Gasteiger partial charge in [0.05, 0.1) is 6.54 Å². The van der Waals surface area contributed by atoms with Crippen molar-refractivity contribution in [3.8, 4) is 17.1 Å². The van der Waals surface area contributed by atoms with Crippen molar-refractivity contribution >= 4 is 12.2 Å². The molecule has 0 aliphatic heterocycles. The number of halogens is 2. The fourth-order valence-corrected chi connectivity index (χ4v) is 2.36. The molecule has 0 atom stereocenters. The Kier molecular flexibility index (Phi) is 3.72. The highest BCUT2D eigenvalue weighted by Crippen LogP contribution is 2.23. The topological polar surface area (TPSA) is 53.8 Å². The molecule has 112 valence electrons. The highest BCUT2D eigenvalue weighted by molar-refractivity contribution is 7.71. The quantitative estimate of drug-likeness (QED) is 0.725. The molecule has 3 rings (SSSR count). The van der Waals surface area contributed by atoms with Gasteiger partial charge in [-0.2, -0.15) is 5.10 Å². The highest BCUT2D eigenvalue weighted by Gasteiger charge is 2.13. The Hall–Kier alpha value is -2.54.